The summed E-state index contributed by atoms with van der Waals surface area (Å²) in [7, 11) is 0. The predicted molar refractivity (Wildman–Crippen MR) is 93.7 cm³/mol. The molecule has 4 N–H and O–H groups in total. The fraction of sp³-hybridized carbons (Fsp3) is 0.556. The molecular weight excluding hydrogens is 324 g/mol. The molecule has 1 rings (SSSR count). The molecule has 25 heavy (non-hydrogen) atoms. The summed E-state index contributed by atoms with van der Waals surface area (Å²) in [6.45, 7) is 4.00. The van der Waals surface area contributed by atoms with Gasteiger partial charge in [0.15, 0.2) is 0 Å². The molecule has 0 aliphatic rings. The zero-order valence-electron chi connectivity index (χ0n) is 14.8. The van der Waals surface area contributed by atoms with Gasteiger partial charge >= 0.3 is 5.97 Å². The highest BCUT2D eigenvalue weighted by Crippen LogP contribution is 2.12. The Balaban J connectivity index is 2.27. The maximum Gasteiger partial charge on any atom is 0.306 e. The summed E-state index contributed by atoms with van der Waals surface area (Å²) in [6.07, 6.45) is -0.471. The van der Waals surface area contributed by atoms with Crippen LogP contribution in [0.15, 0.2) is 30.3 Å². The smallest absolute Gasteiger partial charge is 0.306 e. The average molecular weight is 352 g/mol. The molecule has 140 valence electrons. The highest BCUT2D eigenvalue weighted by molar-refractivity contribution is 5.80. The quantitative estimate of drug-likeness (QED) is 0.428. The van der Waals surface area contributed by atoms with E-state index in [1.165, 1.54) is 0 Å². The van der Waals surface area contributed by atoms with E-state index in [0.717, 1.165) is 5.56 Å². The second-order valence-electron chi connectivity index (χ2n) is 6.44. The van der Waals surface area contributed by atoms with Gasteiger partial charge in [-0.25, -0.2) is 0 Å². The van der Waals surface area contributed by atoms with E-state index in [2.05, 4.69) is 10.6 Å². The lowest BCUT2D eigenvalue weighted by Gasteiger charge is -2.27. The van der Waals surface area contributed by atoms with Crippen LogP contribution in [-0.4, -0.2) is 53.4 Å². The van der Waals surface area contributed by atoms with Crippen LogP contribution < -0.4 is 10.6 Å². The Morgan fingerprint density at radius 3 is 2.56 bits per heavy atom. The summed E-state index contributed by atoms with van der Waals surface area (Å²) in [5.74, 6) is -0.834. The van der Waals surface area contributed by atoms with E-state index in [4.69, 9.17) is 9.84 Å². The predicted octanol–water partition coefficient (Wildman–Crippen LogP) is 0.348. The minimum atomic E-state index is -1.21. The third-order valence-corrected chi connectivity index (χ3v) is 3.68. The van der Waals surface area contributed by atoms with E-state index in [-0.39, 0.29) is 38.7 Å². The third-order valence-electron chi connectivity index (χ3n) is 3.68. The van der Waals surface area contributed by atoms with Crippen molar-refractivity contribution in [3.63, 3.8) is 0 Å². The Labute approximate surface area is 148 Å². The van der Waals surface area contributed by atoms with Gasteiger partial charge in [0.2, 0.25) is 5.91 Å². The first-order valence-electron chi connectivity index (χ1n) is 8.35. The van der Waals surface area contributed by atoms with Gasteiger partial charge in [0.25, 0.3) is 0 Å². The van der Waals surface area contributed by atoms with Crippen LogP contribution in [0.2, 0.25) is 0 Å². The fourth-order valence-corrected chi connectivity index (χ4v) is 2.08. The summed E-state index contributed by atoms with van der Waals surface area (Å²) in [4.78, 5) is 23.4. The number of carbonyl (C=O) groups excluding carboxylic acids is 2. The molecule has 0 spiro atoms. The van der Waals surface area contributed by atoms with Gasteiger partial charge in [0.05, 0.1) is 6.61 Å². The lowest BCUT2D eigenvalue weighted by atomic mass is 9.98. The number of β-amino-alcohol motifs (C(OH)–C–C–N with tert-alkyl or cyclic N) is 1. The first-order valence-corrected chi connectivity index (χ1v) is 8.35. The highest BCUT2D eigenvalue weighted by Gasteiger charge is 2.22. The van der Waals surface area contributed by atoms with Gasteiger partial charge in [-0.05, 0) is 25.8 Å². The average Bonchev–Trinajstić information content (AvgIpc) is 2.61. The van der Waals surface area contributed by atoms with Gasteiger partial charge in [-0.3, -0.25) is 9.59 Å². The van der Waals surface area contributed by atoms with Crippen molar-refractivity contribution in [1.29, 1.82) is 0 Å². The van der Waals surface area contributed by atoms with Crippen molar-refractivity contribution in [3.8, 4) is 0 Å². The molecule has 1 unspecified atom stereocenters. The molecule has 1 atom stereocenters. The van der Waals surface area contributed by atoms with Gasteiger partial charge in [-0.15, -0.1) is 0 Å². The Kier molecular flexibility index (Phi) is 9.12. The van der Waals surface area contributed by atoms with Crippen molar-refractivity contribution < 1.29 is 24.5 Å². The van der Waals surface area contributed by atoms with Crippen LogP contribution >= 0.6 is 0 Å². The summed E-state index contributed by atoms with van der Waals surface area (Å²) in [5.41, 5.74) is 0.495. The van der Waals surface area contributed by atoms with E-state index in [0.29, 0.717) is 6.42 Å². The second-order valence-corrected chi connectivity index (χ2v) is 6.44. The van der Waals surface area contributed by atoms with Crippen LogP contribution in [-0.2, 0) is 20.9 Å². The Bertz CT molecular complexity index is 534. The van der Waals surface area contributed by atoms with Gasteiger partial charge < -0.3 is 25.6 Å². The Morgan fingerprint density at radius 2 is 1.92 bits per heavy atom. The van der Waals surface area contributed by atoms with Crippen LogP contribution in [0.5, 0.6) is 0 Å². The molecule has 7 nitrogen and oxygen atoms in total. The van der Waals surface area contributed by atoms with E-state index >= 15 is 0 Å². The number of aliphatic hydroxyl groups is 2. The number of benzene rings is 1. The number of hydrogen-bond donors (Lipinski definition) is 4. The molecule has 1 amide bonds. The number of aliphatic hydroxyl groups excluding tert-OH is 2. The number of ether oxygens (including phenoxy) is 1. The Hall–Kier alpha value is -1.96. The summed E-state index contributed by atoms with van der Waals surface area (Å²) >= 11 is 0. The van der Waals surface area contributed by atoms with Crippen LogP contribution in [0.3, 0.4) is 0 Å². The minimum Gasteiger partial charge on any atom is -0.461 e. The maximum absolute atomic E-state index is 11.8. The third kappa shape index (κ3) is 9.19. The molecule has 0 fully saturated rings. The largest absolute Gasteiger partial charge is 0.461 e. The number of amides is 1. The monoisotopic (exact) mass is 352 g/mol. The van der Waals surface area contributed by atoms with E-state index < -0.39 is 17.6 Å². The number of esters is 1. The molecule has 0 aliphatic carbocycles. The molecule has 0 aliphatic heterocycles. The van der Waals surface area contributed by atoms with Crippen molar-refractivity contribution in [2.75, 3.05) is 19.7 Å². The molecule has 1 aromatic rings. The van der Waals surface area contributed by atoms with Crippen molar-refractivity contribution in [1.82, 2.24) is 10.6 Å². The lowest BCUT2D eigenvalue weighted by Crippen LogP contribution is -2.48. The zero-order valence-corrected chi connectivity index (χ0v) is 14.8. The lowest BCUT2D eigenvalue weighted by molar-refractivity contribution is -0.145. The van der Waals surface area contributed by atoms with Gasteiger partial charge in [0, 0.05) is 25.0 Å². The second kappa shape index (κ2) is 10.8. The number of hydrogen-bond acceptors (Lipinski definition) is 6. The van der Waals surface area contributed by atoms with E-state index in [1.54, 1.807) is 0 Å². The number of carbonyl (C=O) groups is 2. The van der Waals surface area contributed by atoms with E-state index in [9.17, 15) is 14.7 Å². The van der Waals surface area contributed by atoms with Gasteiger partial charge in [-0.1, -0.05) is 30.3 Å². The summed E-state index contributed by atoms with van der Waals surface area (Å²) in [5, 5.41) is 23.8. The number of nitrogens with one attached hydrogen (secondary N) is 2. The van der Waals surface area contributed by atoms with E-state index in [1.807, 2.05) is 44.2 Å². The molecule has 0 heterocycles. The zero-order chi connectivity index (χ0) is 18.7. The van der Waals surface area contributed by atoms with Gasteiger partial charge in [-0.2, -0.15) is 0 Å². The van der Waals surface area contributed by atoms with Gasteiger partial charge in [0.1, 0.15) is 12.7 Å². The first kappa shape index (κ1) is 21.1. The molecule has 1 aromatic carbocycles. The topological polar surface area (TPSA) is 108 Å². The minimum absolute atomic E-state index is 0.0589. The van der Waals surface area contributed by atoms with Crippen molar-refractivity contribution >= 4 is 11.9 Å². The Morgan fingerprint density at radius 1 is 1.24 bits per heavy atom. The molecule has 0 bridgehead atoms. The maximum atomic E-state index is 11.8. The SMILES string of the molecule is CC(C)(CCC(=O)OCc1ccccc1)NCC(O)C(=O)NCCO. The van der Waals surface area contributed by atoms with Crippen LogP contribution in [0.1, 0.15) is 32.3 Å². The molecule has 0 radical (unpaired) electrons. The summed E-state index contributed by atoms with van der Waals surface area (Å²) < 4.78 is 5.23. The molecule has 0 saturated carbocycles. The molecule has 7 heteroatoms. The van der Waals surface area contributed by atoms with Crippen LogP contribution in [0.4, 0.5) is 0 Å². The fourth-order valence-electron chi connectivity index (χ4n) is 2.08. The van der Waals surface area contributed by atoms with Crippen molar-refractivity contribution in [3.05, 3.63) is 35.9 Å². The van der Waals surface area contributed by atoms with Crippen molar-refractivity contribution in [2.45, 2.75) is 44.9 Å². The van der Waals surface area contributed by atoms with Crippen LogP contribution in [0.25, 0.3) is 0 Å². The summed E-state index contributed by atoms with van der Waals surface area (Å²) in [6, 6.07) is 9.46. The van der Waals surface area contributed by atoms with Crippen LogP contribution in [0, 0.1) is 0 Å². The van der Waals surface area contributed by atoms with Crippen molar-refractivity contribution in [2.24, 2.45) is 0 Å². The standard InChI is InChI=1S/C18H28N2O5/c1-18(2,20-12-15(22)17(24)19-10-11-21)9-8-16(23)25-13-14-6-4-3-5-7-14/h3-7,15,20-22H,8-13H2,1-2H3,(H,19,24). The first-order chi connectivity index (χ1) is 11.8. The normalized spacial score (nSPS) is 12.5. The number of rotatable bonds is 11. The molecule has 0 aromatic heterocycles. The molecule has 0 saturated heterocycles. The highest BCUT2D eigenvalue weighted by atomic mass is 16.5. The molecular formula is C18H28N2O5.